The van der Waals surface area contributed by atoms with E-state index < -0.39 is 26.0 Å². The number of benzene rings is 1. The Bertz CT molecular complexity index is 663. The fourth-order valence-electron chi connectivity index (χ4n) is 1.03. The molecule has 1 aromatic carbocycles. The normalized spacial score (nSPS) is 11.2. The fourth-order valence-corrected chi connectivity index (χ4v) is 1.96. The Morgan fingerprint density at radius 2 is 1.71 bits per heavy atom. The van der Waals surface area contributed by atoms with Crippen molar-refractivity contribution in [3.8, 4) is 0 Å². The maximum absolute atomic E-state index is 10.3. The quantitative estimate of drug-likeness (QED) is 0.412. The van der Waals surface area contributed by atoms with E-state index in [0.29, 0.717) is 5.57 Å². The minimum atomic E-state index is -4.07. The second-order valence-corrected chi connectivity index (χ2v) is 6.59. The SMILES string of the molecule is C=C(C)CS(=O)(=O)[O-].O=S(=O)(O)C=Cc1ccccc1.[Na+]. The van der Waals surface area contributed by atoms with Gasteiger partial charge >= 0.3 is 29.6 Å². The van der Waals surface area contributed by atoms with Crippen molar-refractivity contribution in [3.63, 3.8) is 0 Å². The molecule has 6 nitrogen and oxygen atoms in total. The van der Waals surface area contributed by atoms with Crippen LogP contribution in [0.1, 0.15) is 12.5 Å². The third-order valence-electron chi connectivity index (χ3n) is 1.66. The van der Waals surface area contributed by atoms with E-state index in [9.17, 15) is 21.4 Å². The van der Waals surface area contributed by atoms with Crippen molar-refractivity contribution < 1.29 is 55.5 Å². The molecule has 0 saturated carbocycles. The van der Waals surface area contributed by atoms with E-state index in [1.54, 1.807) is 24.3 Å². The number of rotatable bonds is 4. The molecule has 0 aromatic heterocycles. The van der Waals surface area contributed by atoms with Gasteiger partial charge in [0.15, 0.2) is 0 Å². The molecule has 0 atom stereocenters. The molecule has 0 bridgehead atoms. The molecular weight excluding hydrogens is 327 g/mol. The number of hydrogen-bond acceptors (Lipinski definition) is 5. The molecule has 21 heavy (non-hydrogen) atoms. The molecular formula is C12H15NaO6S2. The minimum Gasteiger partial charge on any atom is -0.748 e. The van der Waals surface area contributed by atoms with Gasteiger partial charge in [-0.2, -0.15) is 8.42 Å². The summed E-state index contributed by atoms with van der Waals surface area (Å²) in [6.07, 6.45) is 1.33. The Kier molecular flexibility index (Phi) is 11.2. The predicted molar refractivity (Wildman–Crippen MR) is 76.4 cm³/mol. The minimum absolute atomic E-state index is 0. The Balaban J connectivity index is 0. The molecule has 1 N–H and O–H groups in total. The molecule has 1 rings (SSSR count). The van der Waals surface area contributed by atoms with Crippen LogP contribution in [-0.4, -0.2) is 31.7 Å². The Morgan fingerprint density at radius 3 is 2.00 bits per heavy atom. The molecule has 0 radical (unpaired) electrons. The Labute approximate surface area is 147 Å². The third-order valence-corrected chi connectivity index (χ3v) is 2.98. The Morgan fingerprint density at radius 1 is 1.24 bits per heavy atom. The third kappa shape index (κ3) is 17.5. The van der Waals surface area contributed by atoms with Crippen molar-refractivity contribution in [2.75, 3.05) is 5.75 Å². The van der Waals surface area contributed by atoms with Gasteiger partial charge in [0.25, 0.3) is 10.1 Å². The van der Waals surface area contributed by atoms with Crippen molar-refractivity contribution >= 4 is 26.3 Å². The molecule has 0 unspecified atom stereocenters. The van der Waals surface area contributed by atoms with Crippen molar-refractivity contribution in [1.29, 1.82) is 0 Å². The van der Waals surface area contributed by atoms with E-state index in [-0.39, 0.29) is 29.6 Å². The number of hydrogen-bond donors (Lipinski definition) is 1. The fraction of sp³-hybridized carbons (Fsp3) is 0.167. The van der Waals surface area contributed by atoms with Gasteiger partial charge in [-0.3, -0.25) is 4.55 Å². The first-order valence-electron chi connectivity index (χ1n) is 5.28. The molecule has 0 aliphatic heterocycles. The van der Waals surface area contributed by atoms with Crippen LogP contribution in [0.4, 0.5) is 0 Å². The molecule has 112 valence electrons. The second-order valence-electron chi connectivity index (χ2n) is 3.89. The second kappa shape index (κ2) is 10.3. The van der Waals surface area contributed by atoms with Gasteiger partial charge in [0.2, 0.25) is 0 Å². The maximum atomic E-state index is 10.3. The summed E-state index contributed by atoms with van der Waals surface area (Å²) in [6.45, 7) is 4.76. The van der Waals surface area contributed by atoms with Crippen molar-refractivity contribution in [2.24, 2.45) is 0 Å². The van der Waals surface area contributed by atoms with Crippen LogP contribution in [0.15, 0.2) is 47.9 Å². The van der Waals surface area contributed by atoms with Gasteiger partial charge < -0.3 is 4.55 Å². The summed E-state index contributed by atoms with van der Waals surface area (Å²) in [5.74, 6) is -0.451. The average molecular weight is 342 g/mol. The summed E-state index contributed by atoms with van der Waals surface area (Å²) in [5.41, 5.74) is 1.11. The summed E-state index contributed by atoms with van der Waals surface area (Å²) >= 11 is 0. The van der Waals surface area contributed by atoms with Crippen LogP contribution in [0.5, 0.6) is 0 Å². The summed E-state index contributed by atoms with van der Waals surface area (Å²) < 4.78 is 58.4. The van der Waals surface area contributed by atoms with E-state index in [4.69, 9.17) is 4.55 Å². The molecule has 0 aliphatic carbocycles. The van der Waals surface area contributed by atoms with E-state index in [1.807, 2.05) is 6.07 Å². The van der Waals surface area contributed by atoms with Gasteiger partial charge in [0, 0.05) is 0 Å². The first-order chi connectivity index (χ1) is 8.99. The zero-order chi connectivity index (χ0) is 15.8. The summed E-state index contributed by atoms with van der Waals surface area (Å²) in [7, 11) is -8.08. The molecule has 0 heterocycles. The van der Waals surface area contributed by atoms with Crippen molar-refractivity contribution in [3.05, 3.63) is 53.5 Å². The zero-order valence-electron chi connectivity index (χ0n) is 11.8. The maximum Gasteiger partial charge on any atom is 1.00 e. The first-order valence-corrected chi connectivity index (χ1v) is 8.36. The summed E-state index contributed by atoms with van der Waals surface area (Å²) in [6, 6.07) is 8.86. The zero-order valence-corrected chi connectivity index (χ0v) is 15.4. The van der Waals surface area contributed by atoms with Crippen molar-refractivity contribution in [2.45, 2.75) is 6.92 Å². The molecule has 0 saturated heterocycles. The van der Waals surface area contributed by atoms with Gasteiger partial charge in [0.1, 0.15) is 0 Å². The molecule has 9 heteroatoms. The molecule has 1 aromatic rings. The van der Waals surface area contributed by atoms with E-state index >= 15 is 0 Å². The predicted octanol–water partition coefficient (Wildman–Crippen LogP) is -1.34. The molecule has 0 fully saturated rings. The monoisotopic (exact) mass is 342 g/mol. The van der Waals surface area contributed by atoms with E-state index in [1.165, 1.54) is 13.0 Å². The van der Waals surface area contributed by atoms with Crippen LogP contribution in [0, 0.1) is 0 Å². The molecule has 0 aliphatic rings. The Hall–Kier alpha value is -0.480. The first kappa shape index (κ1) is 22.8. The van der Waals surface area contributed by atoms with Crippen LogP contribution < -0.4 is 29.6 Å². The van der Waals surface area contributed by atoms with Crippen LogP contribution in [-0.2, 0) is 20.2 Å². The largest absolute Gasteiger partial charge is 1.00 e. The van der Waals surface area contributed by atoms with Crippen LogP contribution in [0.3, 0.4) is 0 Å². The van der Waals surface area contributed by atoms with Crippen LogP contribution >= 0.6 is 0 Å². The summed E-state index contributed by atoms with van der Waals surface area (Å²) in [5, 5.41) is 0.752. The topological polar surface area (TPSA) is 112 Å². The van der Waals surface area contributed by atoms with E-state index in [2.05, 4.69) is 6.58 Å². The van der Waals surface area contributed by atoms with Gasteiger partial charge in [-0.05, 0) is 18.6 Å². The van der Waals surface area contributed by atoms with Crippen LogP contribution in [0.25, 0.3) is 6.08 Å². The van der Waals surface area contributed by atoms with Crippen molar-refractivity contribution in [1.82, 2.24) is 0 Å². The van der Waals surface area contributed by atoms with Gasteiger partial charge in [-0.1, -0.05) is 42.5 Å². The van der Waals surface area contributed by atoms with Crippen LogP contribution in [0.2, 0.25) is 0 Å². The van der Waals surface area contributed by atoms with Gasteiger partial charge in [-0.15, -0.1) is 0 Å². The summed E-state index contributed by atoms with van der Waals surface area (Å²) in [4.78, 5) is 0. The molecule has 0 spiro atoms. The van der Waals surface area contributed by atoms with Gasteiger partial charge in [0.05, 0.1) is 21.3 Å². The molecule has 0 amide bonds. The van der Waals surface area contributed by atoms with Gasteiger partial charge in [-0.25, -0.2) is 8.42 Å². The average Bonchev–Trinajstić information content (AvgIpc) is 2.24. The smallest absolute Gasteiger partial charge is 0.748 e. The standard InChI is InChI=1S/C8H8O3S.C4H8O3S.Na/c9-12(10,11)7-6-8-4-2-1-3-5-8;1-4(2)3-8(5,6)7;/h1-7H,(H,9,10,11);1,3H2,2H3,(H,5,6,7);/q;;+1/p-1. The van der Waals surface area contributed by atoms with E-state index in [0.717, 1.165) is 11.0 Å².